The van der Waals surface area contributed by atoms with Crippen LogP contribution in [0.15, 0.2) is 47.4 Å². The molecule has 2 aromatic rings. The molecule has 5 heteroatoms. The Bertz CT molecular complexity index is 686. The summed E-state index contributed by atoms with van der Waals surface area (Å²) in [5, 5.41) is 0. The zero-order chi connectivity index (χ0) is 14.8. The third-order valence-electron chi connectivity index (χ3n) is 2.79. The maximum Gasteiger partial charge on any atom is 0.297 e. The van der Waals surface area contributed by atoms with E-state index >= 15 is 0 Å². The van der Waals surface area contributed by atoms with Crippen molar-refractivity contribution < 1.29 is 17.0 Å². The van der Waals surface area contributed by atoms with Gasteiger partial charge in [0.25, 0.3) is 10.1 Å². The topological polar surface area (TPSA) is 43.4 Å². The van der Waals surface area contributed by atoms with Crippen LogP contribution in [0, 0.1) is 19.7 Å². The SMILES string of the molecule is Cc1ccc(S(=O)(=O)OCc2cc(C)cc(F)c2)cc1. The number of hydrogen-bond acceptors (Lipinski definition) is 3. The quantitative estimate of drug-likeness (QED) is 0.812. The minimum absolute atomic E-state index is 0.0937. The lowest BCUT2D eigenvalue weighted by atomic mass is 10.1. The van der Waals surface area contributed by atoms with Crippen molar-refractivity contribution in [2.75, 3.05) is 0 Å². The fourth-order valence-corrected chi connectivity index (χ4v) is 2.71. The van der Waals surface area contributed by atoms with E-state index in [1.165, 1.54) is 24.3 Å². The smallest absolute Gasteiger partial charge is 0.262 e. The van der Waals surface area contributed by atoms with E-state index < -0.39 is 15.9 Å². The summed E-state index contributed by atoms with van der Waals surface area (Å²) in [5.74, 6) is -0.406. The zero-order valence-electron chi connectivity index (χ0n) is 11.3. The Morgan fingerprint density at radius 1 is 1.00 bits per heavy atom. The molecule has 0 N–H and O–H groups in total. The maximum atomic E-state index is 13.2. The highest BCUT2D eigenvalue weighted by Gasteiger charge is 2.15. The van der Waals surface area contributed by atoms with Crippen LogP contribution in [0.2, 0.25) is 0 Å². The van der Waals surface area contributed by atoms with Gasteiger partial charge < -0.3 is 0 Å². The van der Waals surface area contributed by atoms with Crippen LogP contribution in [0.4, 0.5) is 4.39 Å². The summed E-state index contributed by atoms with van der Waals surface area (Å²) in [4.78, 5) is 0.0937. The fraction of sp³-hybridized carbons (Fsp3) is 0.200. The molecule has 0 aliphatic carbocycles. The molecule has 0 amide bonds. The molecular formula is C15H15FO3S. The van der Waals surface area contributed by atoms with E-state index in [-0.39, 0.29) is 11.5 Å². The van der Waals surface area contributed by atoms with Crippen molar-refractivity contribution in [3.05, 3.63) is 65.0 Å². The molecule has 0 aromatic heterocycles. The minimum atomic E-state index is -3.82. The van der Waals surface area contributed by atoms with Gasteiger partial charge in [0.2, 0.25) is 0 Å². The molecular weight excluding hydrogens is 279 g/mol. The third kappa shape index (κ3) is 3.65. The maximum absolute atomic E-state index is 13.2. The van der Waals surface area contributed by atoms with Crippen LogP contribution < -0.4 is 0 Å². The molecule has 0 saturated carbocycles. The Hall–Kier alpha value is -1.72. The van der Waals surface area contributed by atoms with Gasteiger partial charge in [-0.3, -0.25) is 4.18 Å². The van der Waals surface area contributed by atoms with E-state index in [4.69, 9.17) is 4.18 Å². The second kappa shape index (κ2) is 5.73. The largest absolute Gasteiger partial charge is 0.297 e. The number of benzene rings is 2. The summed E-state index contributed by atoms with van der Waals surface area (Å²) in [6, 6.07) is 10.7. The lowest BCUT2D eigenvalue weighted by Crippen LogP contribution is -2.06. The van der Waals surface area contributed by atoms with Crippen LogP contribution in [0.1, 0.15) is 16.7 Å². The van der Waals surface area contributed by atoms with Crippen molar-refractivity contribution >= 4 is 10.1 Å². The van der Waals surface area contributed by atoms with E-state index in [9.17, 15) is 12.8 Å². The Balaban J connectivity index is 2.15. The summed E-state index contributed by atoms with van der Waals surface area (Å²) < 4.78 is 42.1. The average molecular weight is 294 g/mol. The van der Waals surface area contributed by atoms with Crippen LogP contribution in [0.5, 0.6) is 0 Å². The van der Waals surface area contributed by atoms with Gasteiger partial charge in [-0.25, -0.2) is 4.39 Å². The van der Waals surface area contributed by atoms with Crippen molar-refractivity contribution in [2.24, 2.45) is 0 Å². The first-order chi connectivity index (χ1) is 9.37. The Labute approximate surface area is 118 Å². The molecule has 0 bridgehead atoms. The Morgan fingerprint density at radius 3 is 2.25 bits per heavy atom. The molecule has 0 aliphatic heterocycles. The lowest BCUT2D eigenvalue weighted by molar-refractivity contribution is 0.307. The molecule has 0 heterocycles. The van der Waals surface area contributed by atoms with Gasteiger partial charge in [0.15, 0.2) is 0 Å². The van der Waals surface area contributed by atoms with Gasteiger partial charge in [-0.1, -0.05) is 23.8 Å². The standard InChI is InChI=1S/C15H15FO3S/c1-11-3-5-15(6-4-11)20(17,18)19-10-13-7-12(2)8-14(16)9-13/h3-9H,10H2,1-2H3. The predicted octanol–water partition coefficient (Wildman–Crippen LogP) is 3.35. The molecule has 0 spiro atoms. The van der Waals surface area contributed by atoms with E-state index in [1.54, 1.807) is 25.1 Å². The highest BCUT2D eigenvalue weighted by Crippen LogP contribution is 2.16. The van der Waals surface area contributed by atoms with E-state index in [0.29, 0.717) is 5.56 Å². The van der Waals surface area contributed by atoms with Gasteiger partial charge in [-0.15, -0.1) is 0 Å². The predicted molar refractivity (Wildman–Crippen MR) is 74.3 cm³/mol. The Morgan fingerprint density at radius 2 is 1.65 bits per heavy atom. The molecule has 0 saturated heterocycles. The molecule has 0 atom stereocenters. The summed E-state index contributed by atoms with van der Waals surface area (Å²) in [6.07, 6.45) is 0. The summed E-state index contributed by atoms with van der Waals surface area (Å²) in [7, 11) is -3.82. The molecule has 3 nitrogen and oxygen atoms in total. The van der Waals surface area contributed by atoms with Gasteiger partial charge in [0, 0.05) is 0 Å². The van der Waals surface area contributed by atoms with Crippen molar-refractivity contribution in [1.82, 2.24) is 0 Å². The second-order valence-corrected chi connectivity index (χ2v) is 6.28. The molecule has 2 rings (SSSR count). The third-order valence-corrected chi connectivity index (χ3v) is 4.07. The normalized spacial score (nSPS) is 11.6. The van der Waals surface area contributed by atoms with Crippen LogP contribution in [0.3, 0.4) is 0 Å². The molecule has 2 aromatic carbocycles. The molecule has 0 unspecified atom stereocenters. The van der Waals surface area contributed by atoms with Gasteiger partial charge in [-0.2, -0.15) is 8.42 Å². The minimum Gasteiger partial charge on any atom is -0.262 e. The van der Waals surface area contributed by atoms with Gasteiger partial charge >= 0.3 is 0 Å². The lowest BCUT2D eigenvalue weighted by Gasteiger charge is -2.07. The van der Waals surface area contributed by atoms with Crippen LogP contribution in [-0.2, 0) is 20.9 Å². The summed E-state index contributed by atoms with van der Waals surface area (Å²) in [5.41, 5.74) is 2.17. The fourth-order valence-electron chi connectivity index (χ4n) is 1.81. The Kier molecular flexibility index (Phi) is 4.20. The van der Waals surface area contributed by atoms with E-state index in [0.717, 1.165) is 11.1 Å². The van der Waals surface area contributed by atoms with Crippen molar-refractivity contribution in [3.63, 3.8) is 0 Å². The van der Waals surface area contributed by atoms with Crippen molar-refractivity contribution in [2.45, 2.75) is 25.3 Å². The van der Waals surface area contributed by atoms with Crippen molar-refractivity contribution in [1.29, 1.82) is 0 Å². The van der Waals surface area contributed by atoms with Crippen LogP contribution >= 0.6 is 0 Å². The van der Waals surface area contributed by atoms with E-state index in [1.807, 2.05) is 6.92 Å². The van der Waals surface area contributed by atoms with E-state index in [2.05, 4.69) is 0 Å². The first-order valence-electron chi connectivity index (χ1n) is 6.09. The highest BCUT2D eigenvalue weighted by molar-refractivity contribution is 7.86. The number of hydrogen-bond donors (Lipinski definition) is 0. The first-order valence-corrected chi connectivity index (χ1v) is 7.50. The summed E-state index contributed by atoms with van der Waals surface area (Å²) in [6.45, 7) is 3.42. The molecule has 0 fully saturated rings. The number of aryl methyl sites for hydroxylation is 2. The van der Waals surface area contributed by atoms with Crippen molar-refractivity contribution in [3.8, 4) is 0 Å². The molecule has 20 heavy (non-hydrogen) atoms. The van der Waals surface area contributed by atoms with Gasteiger partial charge in [-0.05, 0) is 49.2 Å². The number of rotatable bonds is 4. The highest BCUT2D eigenvalue weighted by atomic mass is 32.2. The second-order valence-electron chi connectivity index (χ2n) is 4.67. The van der Waals surface area contributed by atoms with Crippen LogP contribution in [0.25, 0.3) is 0 Å². The van der Waals surface area contributed by atoms with Gasteiger partial charge in [0.05, 0.1) is 11.5 Å². The molecule has 0 radical (unpaired) electrons. The van der Waals surface area contributed by atoms with Gasteiger partial charge in [0.1, 0.15) is 5.82 Å². The first kappa shape index (κ1) is 14.7. The average Bonchev–Trinajstić information content (AvgIpc) is 2.36. The monoisotopic (exact) mass is 294 g/mol. The van der Waals surface area contributed by atoms with Crippen LogP contribution in [-0.4, -0.2) is 8.42 Å². The zero-order valence-corrected chi connectivity index (χ0v) is 12.1. The molecule has 0 aliphatic rings. The number of halogens is 1. The summed E-state index contributed by atoms with van der Waals surface area (Å²) >= 11 is 0. The molecule has 106 valence electrons.